The van der Waals surface area contributed by atoms with Crippen LogP contribution in [0.25, 0.3) is 0 Å². The fourth-order valence-corrected chi connectivity index (χ4v) is 3.62. The molecule has 7 heteroatoms. The summed E-state index contributed by atoms with van der Waals surface area (Å²) in [6, 6.07) is 0. The van der Waals surface area contributed by atoms with Gasteiger partial charge in [-0.25, -0.2) is 5.48 Å². The molecule has 0 bridgehead atoms. The molecule has 112 valence electrons. The Morgan fingerprint density at radius 3 is 2.50 bits per heavy atom. The van der Waals surface area contributed by atoms with E-state index in [9.17, 15) is 14.4 Å². The van der Waals surface area contributed by atoms with Gasteiger partial charge in [0.25, 0.3) is 0 Å². The average Bonchev–Trinajstić information content (AvgIpc) is 2.74. The Morgan fingerprint density at radius 2 is 2.00 bits per heavy atom. The lowest BCUT2D eigenvalue weighted by molar-refractivity contribution is -0.140. The predicted octanol–water partition coefficient (Wildman–Crippen LogP) is 0.789. The van der Waals surface area contributed by atoms with E-state index in [0.29, 0.717) is 25.8 Å². The smallest absolute Gasteiger partial charge is 0.246 e. The number of nitrogens with zero attached hydrogens (tertiary/aromatic N) is 1. The predicted molar refractivity (Wildman–Crippen MR) is 74.0 cm³/mol. The van der Waals surface area contributed by atoms with Crippen LogP contribution in [-0.2, 0) is 14.4 Å². The van der Waals surface area contributed by atoms with E-state index >= 15 is 0 Å². The van der Waals surface area contributed by atoms with Crippen LogP contribution in [0.3, 0.4) is 0 Å². The van der Waals surface area contributed by atoms with Crippen molar-refractivity contribution < 1.29 is 19.6 Å². The topological polar surface area (TPSA) is 86.7 Å². The van der Waals surface area contributed by atoms with Crippen molar-refractivity contribution in [2.75, 3.05) is 12.8 Å². The molecule has 0 radical (unpaired) electrons. The number of likely N-dealkylation sites (tertiary alicyclic amines) is 1. The van der Waals surface area contributed by atoms with Gasteiger partial charge in [0.2, 0.25) is 17.7 Å². The Hall–Kier alpha value is -1.08. The van der Waals surface area contributed by atoms with Crippen molar-refractivity contribution >= 4 is 29.5 Å². The van der Waals surface area contributed by atoms with Gasteiger partial charge < -0.3 is 0 Å². The number of carbonyl (C=O) groups is 3. The maximum atomic E-state index is 12.0. The summed E-state index contributed by atoms with van der Waals surface area (Å²) in [6.07, 6.45) is 5.15. The van der Waals surface area contributed by atoms with Gasteiger partial charge in [0.1, 0.15) is 0 Å². The minimum Gasteiger partial charge on any atom is -0.289 e. The van der Waals surface area contributed by atoms with Gasteiger partial charge in [0.15, 0.2) is 0 Å². The van der Waals surface area contributed by atoms with Gasteiger partial charge in [-0.1, -0.05) is 0 Å². The molecule has 1 heterocycles. The van der Waals surface area contributed by atoms with E-state index < -0.39 is 0 Å². The summed E-state index contributed by atoms with van der Waals surface area (Å²) >= 11 is 1.42. The van der Waals surface area contributed by atoms with E-state index in [1.807, 2.05) is 6.26 Å². The molecule has 0 spiro atoms. The fraction of sp³-hybridized carbons (Fsp3) is 0.769. The van der Waals surface area contributed by atoms with Gasteiger partial charge in [-0.3, -0.25) is 24.5 Å². The van der Waals surface area contributed by atoms with Crippen molar-refractivity contribution in [2.24, 2.45) is 11.8 Å². The number of carbonyl (C=O) groups excluding carboxylic acids is 3. The molecule has 20 heavy (non-hydrogen) atoms. The van der Waals surface area contributed by atoms with Gasteiger partial charge in [-0.15, -0.1) is 0 Å². The number of amides is 3. The van der Waals surface area contributed by atoms with Crippen LogP contribution in [0.15, 0.2) is 0 Å². The van der Waals surface area contributed by atoms with Crippen LogP contribution in [0.5, 0.6) is 0 Å². The lowest BCUT2D eigenvalue weighted by atomic mass is 9.81. The highest BCUT2D eigenvalue weighted by Crippen LogP contribution is 2.31. The van der Waals surface area contributed by atoms with Crippen LogP contribution in [0.2, 0.25) is 0 Å². The second kappa shape index (κ2) is 6.58. The quantitative estimate of drug-likeness (QED) is 0.455. The molecule has 6 nitrogen and oxygen atoms in total. The van der Waals surface area contributed by atoms with E-state index in [0.717, 1.165) is 12.8 Å². The second-order valence-electron chi connectivity index (χ2n) is 5.46. The Labute approximate surface area is 122 Å². The van der Waals surface area contributed by atoms with Crippen molar-refractivity contribution in [2.45, 2.75) is 37.4 Å². The molecule has 1 saturated carbocycles. The van der Waals surface area contributed by atoms with Crippen LogP contribution >= 0.6 is 11.8 Å². The molecule has 0 aromatic heterocycles. The van der Waals surface area contributed by atoms with Crippen molar-refractivity contribution in [3.05, 3.63) is 0 Å². The lowest BCUT2D eigenvalue weighted by Gasteiger charge is -2.29. The molecular weight excluding hydrogens is 280 g/mol. The van der Waals surface area contributed by atoms with Crippen LogP contribution in [0.1, 0.15) is 32.1 Å². The van der Waals surface area contributed by atoms with Crippen LogP contribution in [0, 0.1) is 11.8 Å². The van der Waals surface area contributed by atoms with Crippen LogP contribution < -0.4 is 5.48 Å². The summed E-state index contributed by atoms with van der Waals surface area (Å²) in [4.78, 5) is 36.6. The van der Waals surface area contributed by atoms with Crippen molar-refractivity contribution in [3.63, 3.8) is 0 Å². The first-order valence-electron chi connectivity index (χ1n) is 6.87. The summed E-state index contributed by atoms with van der Waals surface area (Å²) in [6.45, 7) is 0.474. The highest BCUT2D eigenvalue weighted by molar-refractivity contribution is 8.00. The summed E-state index contributed by atoms with van der Waals surface area (Å²) in [5, 5.41) is 8.39. The van der Waals surface area contributed by atoms with Crippen molar-refractivity contribution in [3.8, 4) is 0 Å². The number of hydroxylamine groups is 1. The van der Waals surface area contributed by atoms with E-state index in [1.165, 1.54) is 16.7 Å². The Morgan fingerprint density at radius 1 is 1.35 bits per heavy atom. The van der Waals surface area contributed by atoms with Crippen LogP contribution in [0.4, 0.5) is 0 Å². The monoisotopic (exact) mass is 300 g/mol. The summed E-state index contributed by atoms with van der Waals surface area (Å²) in [7, 11) is 0. The third kappa shape index (κ3) is 3.15. The first-order chi connectivity index (χ1) is 9.56. The number of imide groups is 1. The maximum Gasteiger partial charge on any atom is 0.246 e. The zero-order valence-electron chi connectivity index (χ0n) is 11.5. The summed E-state index contributed by atoms with van der Waals surface area (Å²) in [5.41, 5.74) is 1.69. The molecular formula is C13H20N2O4S. The standard InChI is InChI=1S/C13H20N2O4S/c1-20-10-6-11(16)15(13(10)18)7-8-2-4-9(5-3-8)12(17)14-19/h8-10,19H,2-7H2,1H3,(H,14,17). The van der Waals surface area contributed by atoms with Gasteiger partial charge in [0.05, 0.1) is 5.25 Å². The number of rotatable bonds is 4. The zero-order valence-corrected chi connectivity index (χ0v) is 12.3. The minimum atomic E-state index is -0.334. The van der Waals surface area contributed by atoms with Gasteiger partial charge in [-0.2, -0.15) is 11.8 Å². The summed E-state index contributed by atoms with van der Waals surface area (Å²) in [5.74, 6) is -0.368. The molecule has 2 aliphatic rings. The van der Waals surface area contributed by atoms with Crippen molar-refractivity contribution in [1.29, 1.82) is 0 Å². The van der Waals surface area contributed by atoms with E-state index in [4.69, 9.17) is 5.21 Å². The highest BCUT2D eigenvalue weighted by Gasteiger charge is 2.39. The largest absolute Gasteiger partial charge is 0.289 e. The maximum absolute atomic E-state index is 12.0. The Kier molecular flexibility index (Phi) is 5.04. The fourth-order valence-electron chi connectivity index (χ4n) is 2.99. The number of hydrogen-bond acceptors (Lipinski definition) is 5. The second-order valence-corrected chi connectivity index (χ2v) is 6.51. The molecule has 1 aliphatic carbocycles. The van der Waals surface area contributed by atoms with Gasteiger partial charge >= 0.3 is 0 Å². The number of thioether (sulfide) groups is 1. The normalized spacial score (nSPS) is 30.7. The summed E-state index contributed by atoms with van der Waals surface area (Å²) < 4.78 is 0. The van der Waals surface area contributed by atoms with Gasteiger partial charge in [-0.05, 0) is 37.9 Å². The zero-order chi connectivity index (χ0) is 14.7. The molecule has 1 saturated heterocycles. The molecule has 1 aliphatic heterocycles. The number of nitrogens with one attached hydrogen (secondary N) is 1. The molecule has 3 amide bonds. The van der Waals surface area contributed by atoms with E-state index in [1.54, 1.807) is 5.48 Å². The third-order valence-electron chi connectivity index (χ3n) is 4.26. The molecule has 2 rings (SSSR count). The third-order valence-corrected chi connectivity index (χ3v) is 5.19. The Balaban J connectivity index is 1.85. The molecule has 1 unspecified atom stereocenters. The first-order valence-corrected chi connectivity index (χ1v) is 8.16. The molecule has 0 aromatic rings. The molecule has 2 fully saturated rings. The molecule has 1 atom stereocenters. The molecule has 0 aromatic carbocycles. The minimum absolute atomic E-state index is 0.0716. The first kappa shape index (κ1) is 15.3. The number of hydrogen-bond donors (Lipinski definition) is 2. The average molecular weight is 300 g/mol. The van der Waals surface area contributed by atoms with Gasteiger partial charge in [0, 0.05) is 18.9 Å². The SMILES string of the molecule is CSC1CC(=O)N(CC2CCC(C(=O)NO)CC2)C1=O. The van der Waals surface area contributed by atoms with E-state index in [-0.39, 0.29) is 34.8 Å². The highest BCUT2D eigenvalue weighted by atomic mass is 32.2. The molecule has 2 N–H and O–H groups in total. The van der Waals surface area contributed by atoms with Crippen LogP contribution in [-0.4, -0.2) is 45.9 Å². The van der Waals surface area contributed by atoms with Crippen molar-refractivity contribution in [1.82, 2.24) is 10.4 Å². The lowest BCUT2D eigenvalue weighted by Crippen LogP contribution is -2.38. The Bertz CT molecular complexity index is 407. The van der Waals surface area contributed by atoms with E-state index in [2.05, 4.69) is 0 Å².